The number of nitrogens with one attached hydrogen (secondary N) is 2. The summed E-state index contributed by atoms with van der Waals surface area (Å²) in [6.45, 7) is 0.842. The van der Waals surface area contributed by atoms with Gasteiger partial charge < -0.3 is 15.4 Å². The van der Waals surface area contributed by atoms with E-state index in [-0.39, 0.29) is 5.91 Å². The number of anilines is 1. The van der Waals surface area contributed by atoms with Gasteiger partial charge in [-0.15, -0.1) is 0 Å². The van der Waals surface area contributed by atoms with Gasteiger partial charge in [0, 0.05) is 12.5 Å². The zero-order valence-corrected chi connectivity index (χ0v) is 9.62. The Morgan fingerprint density at radius 3 is 2.88 bits per heavy atom. The number of aromatic nitrogens is 1. The van der Waals surface area contributed by atoms with Crippen LogP contribution in [0.1, 0.15) is 12.8 Å². The minimum Gasteiger partial charge on any atom is -0.481 e. The first-order valence-electron chi connectivity index (χ1n) is 5.20. The van der Waals surface area contributed by atoms with Crippen LogP contribution in [0.25, 0.3) is 0 Å². The summed E-state index contributed by atoms with van der Waals surface area (Å²) >= 11 is 0. The van der Waals surface area contributed by atoms with Crippen LogP contribution in [-0.4, -0.2) is 31.6 Å². The van der Waals surface area contributed by atoms with Crippen molar-refractivity contribution in [3.8, 4) is 5.88 Å². The molecule has 1 amide bonds. The molecule has 1 aromatic heterocycles. The molecule has 0 radical (unpaired) electrons. The average molecular weight is 223 g/mol. The maximum Gasteiger partial charge on any atom is 0.224 e. The van der Waals surface area contributed by atoms with Crippen molar-refractivity contribution in [3.05, 3.63) is 18.3 Å². The van der Waals surface area contributed by atoms with Gasteiger partial charge in [0.05, 0.1) is 19.0 Å². The quantitative estimate of drug-likeness (QED) is 0.707. The van der Waals surface area contributed by atoms with Crippen molar-refractivity contribution >= 4 is 11.6 Å². The molecule has 0 saturated carbocycles. The second-order valence-corrected chi connectivity index (χ2v) is 3.34. The number of rotatable bonds is 6. The molecule has 1 rings (SSSR count). The highest BCUT2D eigenvalue weighted by Gasteiger charge is 2.02. The third kappa shape index (κ3) is 4.27. The fourth-order valence-corrected chi connectivity index (χ4v) is 1.22. The Hall–Kier alpha value is -1.62. The van der Waals surface area contributed by atoms with Gasteiger partial charge in [-0.3, -0.25) is 4.79 Å². The first-order chi connectivity index (χ1) is 7.76. The number of amides is 1. The average Bonchev–Trinajstić information content (AvgIpc) is 2.30. The van der Waals surface area contributed by atoms with E-state index < -0.39 is 0 Å². The fourth-order valence-electron chi connectivity index (χ4n) is 1.22. The summed E-state index contributed by atoms with van der Waals surface area (Å²) in [6, 6.07) is 3.48. The lowest BCUT2D eigenvalue weighted by atomic mass is 10.3. The molecule has 0 aliphatic carbocycles. The Morgan fingerprint density at radius 1 is 1.50 bits per heavy atom. The summed E-state index contributed by atoms with van der Waals surface area (Å²) in [7, 11) is 3.42. The summed E-state index contributed by atoms with van der Waals surface area (Å²) in [5.41, 5.74) is 0.690. The lowest BCUT2D eigenvalue weighted by molar-refractivity contribution is -0.116. The van der Waals surface area contributed by atoms with Crippen molar-refractivity contribution in [1.82, 2.24) is 10.3 Å². The highest BCUT2D eigenvalue weighted by molar-refractivity contribution is 5.90. The largest absolute Gasteiger partial charge is 0.481 e. The molecule has 0 saturated heterocycles. The smallest absolute Gasteiger partial charge is 0.224 e. The maximum atomic E-state index is 11.4. The van der Waals surface area contributed by atoms with Crippen molar-refractivity contribution in [2.75, 3.05) is 26.0 Å². The van der Waals surface area contributed by atoms with E-state index in [1.54, 1.807) is 25.4 Å². The number of carbonyl (C=O) groups is 1. The van der Waals surface area contributed by atoms with Gasteiger partial charge in [0.2, 0.25) is 11.8 Å². The summed E-state index contributed by atoms with van der Waals surface area (Å²) in [4.78, 5) is 15.4. The molecule has 16 heavy (non-hydrogen) atoms. The zero-order chi connectivity index (χ0) is 11.8. The third-order valence-electron chi connectivity index (χ3n) is 2.06. The van der Waals surface area contributed by atoms with Crippen LogP contribution in [0.5, 0.6) is 5.88 Å². The van der Waals surface area contributed by atoms with E-state index in [4.69, 9.17) is 4.74 Å². The molecule has 88 valence electrons. The minimum atomic E-state index is 0.00205. The van der Waals surface area contributed by atoms with Gasteiger partial charge in [0.15, 0.2) is 0 Å². The van der Waals surface area contributed by atoms with Gasteiger partial charge in [0.25, 0.3) is 0 Å². The molecule has 5 nitrogen and oxygen atoms in total. The molecular weight excluding hydrogens is 206 g/mol. The van der Waals surface area contributed by atoms with E-state index in [0.29, 0.717) is 18.0 Å². The second kappa shape index (κ2) is 6.79. The molecule has 0 spiro atoms. The number of hydrogen-bond acceptors (Lipinski definition) is 4. The molecule has 2 N–H and O–H groups in total. The first kappa shape index (κ1) is 12.4. The standard InChI is InChI=1S/C11H17N3O2/c1-12-7-3-4-10(15)14-9-5-6-11(16-2)13-8-9/h5-6,8,12H,3-4,7H2,1-2H3,(H,14,15). The normalized spacial score (nSPS) is 9.88. The van der Waals surface area contributed by atoms with Gasteiger partial charge in [-0.25, -0.2) is 4.98 Å². The van der Waals surface area contributed by atoms with Gasteiger partial charge in [0.1, 0.15) is 0 Å². The topological polar surface area (TPSA) is 63.2 Å². The molecule has 0 aliphatic rings. The number of hydrogen-bond donors (Lipinski definition) is 2. The number of methoxy groups -OCH3 is 1. The fraction of sp³-hybridized carbons (Fsp3) is 0.455. The van der Waals surface area contributed by atoms with E-state index in [1.807, 2.05) is 7.05 Å². The van der Waals surface area contributed by atoms with E-state index in [2.05, 4.69) is 15.6 Å². The van der Waals surface area contributed by atoms with E-state index in [0.717, 1.165) is 13.0 Å². The van der Waals surface area contributed by atoms with Gasteiger partial charge >= 0.3 is 0 Å². The van der Waals surface area contributed by atoms with E-state index in [1.165, 1.54) is 0 Å². The Morgan fingerprint density at radius 2 is 2.31 bits per heavy atom. The van der Waals surface area contributed by atoms with Crippen molar-refractivity contribution in [2.45, 2.75) is 12.8 Å². The van der Waals surface area contributed by atoms with E-state index >= 15 is 0 Å². The maximum absolute atomic E-state index is 11.4. The van der Waals surface area contributed by atoms with Gasteiger partial charge in [-0.1, -0.05) is 0 Å². The molecule has 1 aromatic rings. The number of nitrogens with zero attached hydrogens (tertiary/aromatic N) is 1. The Kier molecular flexibility index (Phi) is 5.28. The monoisotopic (exact) mass is 223 g/mol. The Bertz CT molecular complexity index is 325. The number of carbonyl (C=O) groups excluding carboxylic acids is 1. The predicted octanol–water partition coefficient (Wildman–Crippen LogP) is 1.03. The summed E-state index contributed by atoms with van der Waals surface area (Å²) in [5.74, 6) is 0.537. The molecule has 0 aromatic carbocycles. The molecule has 1 heterocycles. The van der Waals surface area contributed by atoms with Crippen molar-refractivity contribution in [1.29, 1.82) is 0 Å². The first-order valence-corrected chi connectivity index (χ1v) is 5.20. The Labute approximate surface area is 95.2 Å². The van der Waals surface area contributed by atoms with Crippen LogP contribution in [0.3, 0.4) is 0 Å². The minimum absolute atomic E-state index is 0.00205. The molecule has 5 heteroatoms. The third-order valence-corrected chi connectivity index (χ3v) is 2.06. The molecule has 0 aliphatic heterocycles. The molecule has 0 atom stereocenters. The number of pyridine rings is 1. The van der Waals surface area contributed by atoms with Crippen LogP contribution in [0, 0.1) is 0 Å². The number of ether oxygens (including phenoxy) is 1. The van der Waals surface area contributed by atoms with Crippen LogP contribution in [-0.2, 0) is 4.79 Å². The van der Waals surface area contributed by atoms with E-state index in [9.17, 15) is 4.79 Å². The Balaban J connectivity index is 2.37. The van der Waals surface area contributed by atoms with Crippen LogP contribution in [0.15, 0.2) is 18.3 Å². The van der Waals surface area contributed by atoms with Crippen molar-refractivity contribution in [2.24, 2.45) is 0 Å². The predicted molar refractivity (Wildman–Crippen MR) is 62.6 cm³/mol. The van der Waals surface area contributed by atoms with Gasteiger partial charge in [-0.2, -0.15) is 0 Å². The molecule has 0 unspecified atom stereocenters. The van der Waals surface area contributed by atoms with Crippen LogP contribution >= 0.6 is 0 Å². The van der Waals surface area contributed by atoms with Crippen LogP contribution in [0.4, 0.5) is 5.69 Å². The second-order valence-electron chi connectivity index (χ2n) is 3.34. The molecular formula is C11H17N3O2. The van der Waals surface area contributed by atoms with Crippen molar-refractivity contribution < 1.29 is 9.53 Å². The highest BCUT2D eigenvalue weighted by Crippen LogP contribution is 2.11. The summed E-state index contributed by atoms with van der Waals surface area (Å²) in [5, 5.41) is 5.76. The van der Waals surface area contributed by atoms with Crippen molar-refractivity contribution in [3.63, 3.8) is 0 Å². The summed E-state index contributed by atoms with van der Waals surface area (Å²) in [6.07, 6.45) is 2.91. The van der Waals surface area contributed by atoms with Gasteiger partial charge in [-0.05, 0) is 26.1 Å². The van der Waals surface area contributed by atoms with Crippen LogP contribution in [0.2, 0.25) is 0 Å². The molecule has 0 bridgehead atoms. The zero-order valence-electron chi connectivity index (χ0n) is 9.62. The van der Waals surface area contributed by atoms with Crippen LogP contribution < -0.4 is 15.4 Å². The lowest BCUT2D eigenvalue weighted by Crippen LogP contribution is -2.15. The highest BCUT2D eigenvalue weighted by atomic mass is 16.5. The SMILES string of the molecule is CNCCCC(=O)Nc1ccc(OC)nc1. The lowest BCUT2D eigenvalue weighted by Gasteiger charge is -2.05. The molecule has 0 fully saturated rings. The summed E-state index contributed by atoms with van der Waals surface area (Å²) < 4.78 is 4.92.